The Labute approximate surface area is 156 Å². The van der Waals surface area contributed by atoms with Gasteiger partial charge in [-0.3, -0.25) is 4.79 Å². The highest BCUT2D eigenvalue weighted by molar-refractivity contribution is 6.16. The van der Waals surface area contributed by atoms with Crippen LogP contribution in [0.15, 0.2) is 78.9 Å². The van der Waals surface area contributed by atoms with Crippen molar-refractivity contribution in [3.8, 4) is 0 Å². The van der Waals surface area contributed by atoms with Crippen molar-refractivity contribution in [3.63, 3.8) is 0 Å². The van der Waals surface area contributed by atoms with Gasteiger partial charge in [0.05, 0.1) is 17.8 Å². The van der Waals surface area contributed by atoms with E-state index in [4.69, 9.17) is 0 Å². The van der Waals surface area contributed by atoms with Crippen LogP contribution in [-0.2, 0) is 11.3 Å². The summed E-state index contributed by atoms with van der Waals surface area (Å²) in [6.45, 7) is 0.0788. The van der Waals surface area contributed by atoms with E-state index in [0.717, 1.165) is 5.56 Å². The molecule has 0 N–H and O–H groups in total. The molecule has 3 aromatic rings. The smallest absolute Gasteiger partial charge is 0.294 e. The third-order valence-corrected chi connectivity index (χ3v) is 4.58. The van der Waals surface area contributed by atoms with Gasteiger partial charge in [-0.1, -0.05) is 42.5 Å². The Hall–Kier alpha value is -3.47. The highest BCUT2D eigenvalue weighted by Gasteiger charge is 2.31. The first kappa shape index (κ1) is 17.0. The Morgan fingerprint density at radius 3 is 2.33 bits per heavy atom. The third kappa shape index (κ3) is 3.31. The lowest BCUT2D eigenvalue weighted by Crippen LogP contribution is -2.34. The van der Waals surface area contributed by atoms with Gasteiger partial charge in [0.1, 0.15) is 5.82 Å². The molecule has 134 valence electrons. The summed E-state index contributed by atoms with van der Waals surface area (Å²) in [5.41, 5.74) is 3.25. The van der Waals surface area contributed by atoms with Crippen LogP contribution in [0.4, 0.5) is 10.1 Å². The molecule has 5 heteroatoms. The predicted octanol–water partition coefficient (Wildman–Crippen LogP) is 3.72. The number of amides is 1. The van der Waals surface area contributed by atoms with Crippen molar-refractivity contribution in [1.29, 1.82) is 0 Å². The minimum atomic E-state index is -0.375. The van der Waals surface area contributed by atoms with E-state index >= 15 is 0 Å². The van der Waals surface area contributed by atoms with Crippen molar-refractivity contribution in [2.45, 2.75) is 6.54 Å². The van der Waals surface area contributed by atoms with E-state index in [2.05, 4.69) is 0 Å². The summed E-state index contributed by atoms with van der Waals surface area (Å²) < 4.78 is 14.0. The van der Waals surface area contributed by atoms with Gasteiger partial charge in [0.25, 0.3) is 5.91 Å². The maximum Gasteiger partial charge on any atom is 0.294 e. The second-order valence-corrected chi connectivity index (χ2v) is 6.37. The van der Waals surface area contributed by atoms with E-state index in [0.29, 0.717) is 33.8 Å². The summed E-state index contributed by atoms with van der Waals surface area (Å²) in [6, 6.07) is 22.7. The first-order valence-corrected chi connectivity index (χ1v) is 8.65. The van der Waals surface area contributed by atoms with Gasteiger partial charge in [0.2, 0.25) is 12.3 Å². The van der Waals surface area contributed by atoms with Crippen LogP contribution in [0.5, 0.6) is 0 Å². The van der Waals surface area contributed by atoms with Crippen LogP contribution in [0.25, 0.3) is 0 Å². The Morgan fingerprint density at radius 2 is 1.59 bits per heavy atom. The van der Waals surface area contributed by atoms with Gasteiger partial charge in [0, 0.05) is 5.56 Å². The van der Waals surface area contributed by atoms with Gasteiger partial charge in [-0.25, -0.2) is 4.39 Å². The Morgan fingerprint density at radius 1 is 0.926 bits per heavy atom. The quantitative estimate of drug-likeness (QED) is 0.528. The second-order valence-electron chi connectivity index (χ2n) is 6.37. The first-order chi connectivity index (χ1) is 13.1. The first-order valence-electron chi connectivity index (χ1n) is 8.65. The number of hydrogen-bond acceptors (Lipinski definition) is 2. The maximum atomic E-state index is 13.3. The van der Waals surface area contributed by atoms with Crippen molar-refractivity contribution in [1.82, 2.24) is 0 Å². The molecule has 1 aliphatic rings. The van der Waals surface area contributed by atoms with Gasteiger partial charge >= 0.3 is 0 Å². The van der Waals surface area contributed by atoms with Crippen molar-refractivity contribution in [2.75, 3.05) is 11.4 Å². The summed E-state index contributed by atoms with van der Waals surface area (Å²) in [6.07, 6.45) is 0. The van der Waals surface area contributed by atoms with Crippen LogP contribution >= 0.6 is 0 Å². The zero-order valence-corrected chi connectivity index (χ0v) is 14.5. The zero-order valence-electron chi connectivity index (χ0n) is 14.5. The number of hydrogen-bond donors (Lipinski definition) is 0. The lowest BCUT2D eigenvalue weighted by Gasteiger charge is -2.21. The summed E-state index contributed by atoms with van der Waals surface area (Å²) in [5, 5.41) is 12.8. The van der Waals surface area contributed by atoms with Crippen molar-refractivity contribution >= 4 is 17.3 Å². The molecule has 0 aliphatic carbocycles. The average molecular weight is 360 g/mol. The summed E-state index contributed by atoms with van der Waals surface area (Å²) >= 11 is 0. The second kappa shape index (κ2) is 7.03. The number of anilines is 1. The lowest BCUT2D eigenvalue weighted by atomic mass is 10.00. The fourth-order valence-electron chi connectivity index (χ4n) is 3.31. The predicted molar refractivity (Wildman–Crippen MR) is 102 cm³/mol. The minimum absolute atomic E-state index is 0.279. The molecule has 4 nitrogen and oxygen atoms in total. The molecule has 0 saturated carbocycles. The molecular formula is C22H17FN2O2. The molecule has 0 aromatic heterocycles. The Bertz CT molecular complexity index is 1010. The molecule has 0 spiro atoms. The fraction of sp³-hybridized carbons (Fsp3) is 0.0909. The zero-order chi connectivity index (χ0) is 18.8. The van der Waals surface area contributed by atoms with Crippen LogP contribution < -0.4 is 4.90 Å². The van der Waals surface area contributed by atoms with E-state index in [1.165, 1.54) is 12.1 Å². The van der Waals surface area contributed by atoms with Crippen LogP contribution in [0.3, 0.4) is 0 Å². The molecule has 0 atom stereocenters. The van der Waals surface area contributed by atoms with Crippen LogP contribution in [0.1, 0.15) is 16.7 Å². The number of rotatable bonds is 3. The largest absolute Gasteiger partial charge is 0.623 e. The monoisotopic (exact) mass is 360 g/mol. The van der Waals surface area contributed by atoms with Crippen LogP contribution in [0, 0.1) is 11.0 Å². The average Bonchev–Trinajstić information content (AvgIpc) is 2.78. The summed E-state index contributed by atoms with van der Waals surface area (Å²) in [5.74, 6) is -0.654. The summed E-state index contributed by atoms with van der Waals surface area (Å²) in [4.78, 5) is 14.5. The number of para-hydroxylation sites is 1. The van der Waals surface area contributed by atoms with E-state index in [-0.39, 0.29) is 18.3 Å². The molecular weight excluding hydrogens is 343 g/mol. The molecule has 27 heavy (non-hydrogen) atoms. The van der Waals surface area contributed by atoms with Crippen molar-refractivity contribution in [2.24, 2.45) is 0 Å². The summed E-state index contributed by atoms with van der Waals surface area (Å²) in [7, 11) is 0. The molecule has 0 saturated heterocycles. The number of benzodiazepines with no additional fused rings is 1. The van der Waals surface area contributed by atoms with Gasteiger partial charge < -0.3 is 10.1 Å². The van der Waals surface area contributed by atoms with E-state index in [1.54, 1.807) is 17.0 Å². The molecule has 3 aromatic carbocycles. The number of carbonyl (C=O) groups is 1. The van der Waals surface area contributed by atoms with E-state index in [9.17, 15) is 14.4 Å². The van der Waals surface area contributed by atoms with E-state index < -0.39 is 0 Å². The molecule has 1 aliphatic heterocycles. The molecule has 0 radical (unpaired) electrons. The lowest BCUT2D eigenvalue weighted by molar-refractivity contribution is -0.443. The number of nitrogens with zero attached hydrogens (tertiary/aromatic N) is 2. The van der Waals surface area contributed by atoms with Crippen molar-refractivity contribution in [3.05, 3.63) is 107 Å². The Balaban J connectivity index is 1.84. The van der Waals surface area contributed by atoms with Crippen LogP contribution in [0.2, 0.25) is 0 Å². The SMILES string of the molecule is O=C1C[N+]([O-])=C(c2ccc(F)cc2)c2ccccc2N1Cc1ccccc1. The normalized spacial score (nSPS) is 14.1. The van der Waals surface area contributed by atoms with E-state index in [1.807, 2.05) is 54.6 Å². The molecule has 4 rings (SSSR count). The fourth-order valence-corrected chi connectivity index (χ4v) is 3.31. The Kier molecular flexibility index (Phi) is 4.42. The van der Waals surface area contributed by atoms with Crippen LogP contribution in [-0.4, -0.2) is 22.9 Å². The van der Waals surface area contributed by atoms with Crippen molar-refractivity contribution < 1.29 is 13.9 Å². The standard InChI is InChI=1S/C22H17FN2O2/c23-18-12-10-17(11-13-18)22-19-8-4-5-9-20(19)24(21(26)15-25(22)27)14-16-6-2-1-3-7-16/h1-13H,14-15H2. The topological polar surface area (TPSA) is 46.4 Å². The minimum Gasteiger partial charge on any atom is -0.623 e. The number of hydroxylamine groups is 1. The highest BCUT2D eigenvalue weighted by atomic mass is 19.1. The number of carbonyl (C=O) groups excluding carboxylic acids is 1. The molecule has 0 unspecified atom stereocenters. The van der Waals surface area contributed by atoms with Gasteiger partial charge in [0.15, 0.2) is 0 Å². The van der Waals surface area contributed by atoms with Gasteiger partial charge in [-0.05, 0) is 42.0 Å². The molecule has 1 amide bonds. The van der Waals surface area contributed by atoms with Gasteiger partial charge in [-0.15, -0.1) is 0 Å². The highest BCUT2D eigenvalue weighted by Crippen LogP contribution is 2.28. The molecule has 0 bridgehead atoms. The third-order valence-electron chi connectivity index (χ3n) is 4.58. The number of benzene rings is 3. The molecule has 0 fully saturated rings. The van der Waals surface area contributed by atoms with Gasteiger partial charge in [-0.2, -0.15) is 4.74 Å². The number of fused-ring (bicyclic) bond motifs is 1. The number of halogens is 1. The maximum absolute atomic E-state index is 13.3. The molecule has 1 heterocycles.